The molecule has 0 spiro atoms. The Labute approximate surface area is 142 Å². The highest BCUT2D eigenvalue weighted by atomic mass is 19.1. The normalized spacial score (nSPS) is 14.4. The maximum Gasteiger partial charge on any atom is 0.276 e. The molecular formula is C19H14F2N2O2. The first-order valence-electron chi connectivity index (χ1n) is 7.86. The zero-order valence-electron chi connectivity index (χ0n) is 13.2. The smallest absolute Gasteiger partial charge is 0.276 e. The molecule has 0 N–H and O–H groups in total. The molecule has 6 heteroatoms. The van der Waals surface area contributed by atoms with Gasteiger partial charge in [-0.25, -0.2) is 13.8 Å². The number of likely N-dealkylation sites (tertiary alicyclic amines) is 1. The Kier molecular flexibility index (Phi) is 3.80. The summed E-state index contributed by atoms with van der Waals surface area (Å²) in [6, 6.07) is 12.2. The molecule has 1 amide bonds. The fourth-order valence-corrected chi connectivity index (χ4v) is 3.00. The molecule has 1 aromatic heterocycles. The molecule has 2 heterocycles. The summed E-state index contributed by atoms with van der Waals surface area (Å²) in [5.74, 6) is -0.619. The molecule has 126 valence electrons. The van der Waals surface area contributed by atoms with Gasteiger partial charge in [-0.05, 0) is 35.9 Å². The molecule has 0 radical (unpaired) electrons. The van der Waals surface area contributed by atoms with E-state index in [0.717, 1.165) is 0 Å². The molecule has 25 heavy (non-hydrogen) atoms. The van der Waals surface area contributed by atoms with Crippen molar-refractivity contribution in [3.05, 3.63) is 77.8 Å². The van der Waals surface area contributed by atoms with Crippen LogP contribution in [-0.4, -0.2) is 28.9 Å². The number of halogens is 2. The third kappa shape index (κ3) is 2.80. The van der Waals surface area contributed by atoms with Crippen LogP contribution in [0.4, 0.5) is 8.78 Å². The van der Waals surface area contributed by atoms with Crippen LogP contribution in [0.3, 0.4) is 0 Å². The summed E-state index contributed by atoms with van der Waals surface area (Å²) in [5.41, 5.74) is 1.37. The predicted octanol–water partition coefficient (Wildman–Crippen LogP) is 3.86. The molecule has 1 fully saturated rings. The molecule has 0 bridgehead atoms. The number of carbonyl (C=O) groups is 1. The third-order valence-electron chi connectivity index (χ3n) is 4.39. The minimum Gasteiger partial charge on any atom is -0.443 e. The van der Waals surface area contributed by atoms with Crippen LogP contribution >= 0.6 is 0 Å². The van der Waals surface area contributed by atoms with Crippen LogP contribution in [0.2, 0.25) is 0 Å². The van der Waals surface area contributed by atoms with Crippen molar-refractivity contribution in [2.75, 3.05) is 13.1 Å². The summed E-state index contributed by atoms with van der Waals surface area (Å²) in [6.45, 7) is 0.852. The van der Waals surface area contributed by atoms with E-state index in [-0.39, 0.29) is 29.2 Å². The van der Waals surface area contributed by atoms with E-state index in [2.05, 4.69) is 4.98 Å². The lowest BCUT2D eigenvalue weighted by Gasteiger charge is -2.39. The fraction of sp³-hybridized carbons (Fsp3) is 0.158. The van der Waals surface area contributed by atoms with E-state index in [1.807, 2.05) is 0 Å². The van der Waals surface area contributed by atoms with Crippen molar-refractivity contribution in [1.82, 2.24) is 9.88 Å². The highest BCUT2D eigenvalue weighted by Gasteiger charge is 2.35. The molecule has 3 aromatic rings. The van der Waals surface area contributed by atoms with Gasteiger partial charge in [-0.3, -0.25) is 4.79 Å². The maximum atomic E-state index is 13.8. The molecule has 0 saturated carbocycles. The van der Waals surface area contributed by atoms with Crippen LogP contribution in [0, 0.1) is 11.6 Å². The quantitative estimate of drug-likeness (QED) is 0.727. The summed E-state index contributed by atoms with van der Waals surface area (Å²) in [6.07, 6.45) is 1.19. The average Bonchev–Trinajstić information content (AvgIpc) is 3.05. The van der Waals surface area contributed by atoms with Crippen LogP contribution in [0.1, 0.15) is 22.0 Å². The lowest BCUT2D eigenvalue weighted by molar-refractivity contribution is 0.0594. The summed E-state index contributed by atoms with van der Waals surface area (Å²) < 4.78 is 32.2. The van der Waals surface area contributed by atoms with Gasteiger partial charge in [-0.1, -0.05) is 18.2 Å². The van der Waals surface area contributed by atoms with Crippen molar-refractivity contribution in [3.8, 4) is 11.3 Å². The number of amides is 1. The number of hydrogen-bond acceptors (Lipinski definition) is 3. The molecular weight excluding hydrogens is 326 g/mol. The minimum absolute atomic E-state index is 0.0219. The van der Waals surface area contributed by atoms with Gasteiger partial charge in [0.2, 0.25) is 0 Å². The van der Waals surface area contributed by atoms with Crippen LogP contribution in [-0.2, 0) is 0 Å². The molecule has 1 saturated heterocycles. The Morgan fingerprint density at radius 3 is 2.52 bits per heavy atom. The molecule has 0 aliphatic carbocycles. The maximum absolute atomic E-state index is 13.8. The van der Waals surface area contributed by atoms with E-state index in [1.54, 1.807) is 23.1 Å². The van der Waals surface area contributed by atoms with Gasteiger partial charge in [-0.15, -0.1) is 0 Å². The summed E-state index contributed by atoms with van der Waals surface area (Å²) in [7, 11) is 0. The van der Waals surface area contributed by atoms with Gasteiger partial charge in [0, 0.05) is 24.6 Å². The van der Waals surface area contributed by atoms with Crippen LogP contribution in [0.5, 0.6) is 0 Å². The topological polar surface area (TPSA) is 46.3 Å². The van der Waals surface area contributed by atoms with Gasteiger partial charge in [0.1, 0.15) is 11.6 Å². The van der Waals surface area contributed by atoms with Gasteiger partial charge in [0.05, 0.1) is 0 Å². The molecule has 2 aromatic carbocycles. The van der Waals surface area contributed by atoms with Gasteiger partial charge in [0.15, 0.2) is 17.8 Å². The number of nitrogens with zero attached hydrogens (tertiary/aromatic N) is 2. The zero-order valence-corrected chi connectivity index (χ0v) is 13.2. The Morgan fingerprint density at radius 1 is 1.08 bits per heavy atom. The second-order valence-corrected chi connectivity index (χ2v) is 5.97. The highest BCUT2D eigenvalue weighted by Crippen LogP contribution is 2.32. The van der Waals surface area contributed by atoms with E-state index < -0.39 is 0 Å². The Hall–Kier alpha value is -3.02. The SMILES string of the molecule is O=C(c1ncoc1-c1ccc(F)cc1)N1CC(c2ccccc2F)C1. The number of hydrogen-bond donors (Lipinski definition) is 0. The van der Waals surface area contributed by atoms with Gasteiger partial charge in [-0.2, -0.15) is 0 Å². The Bertz CT molecular complexity index is 915. The molecule has 1 aliphatic rings. The number of carbonyl (C=O) groups excluding carboxylic acids is 1. The van der Waals surface area contributed by atoms with Crippen molar-refractivity contribution >= 4 is 5.91 Å². The largest absolute Gasteiger partial charge is 0.443 e. The predicted molar refractivity (Wildman–Crippen MR) is 86.9 cm³/mol. The van der Waals surface area contributed by atoms with Crippen molar-refractivity contribution < 1.29 is 18.0 Å². The van der Waals surface area contributed by atoms with E-state index in [1.165, 1.54) is 36.7 Å². The monoisotopic (exact) mass is 340 g/mol. The van der Waals surface area contributed by atoms with Gasteiger partial charge in [0.25, 0.3) is 5.91 Å². The molecule has 0 atom stereocenters. The minimum atomic E-state index is -0.369. The summed E-state index contributed by atoms with van der Waals surface area (Å²) in [5, 5.41) is 0. The van der Waals surface area contributed by atoms with E-state index >= 15 is 0 Å². The van der Waals surface area contributed by atoms with Gasteiger partial charge < -0.3 is 9.32 Å². The van der Waals surface area contributed by atoms with E-state index in [9.17, 15) is 13.6 Å². The number of oxazole rings is 1. The second-order valence-electron chi connectivity index (χ2n) is 5.97. The van der Waals surface area contributed by atoms with Crippen molar-refractivity contribution in [1.29, 1.82) is 0 Å². The number of benzene rings is 2. The molecule has 4 rings (SSSR count). The standard InChI is InChI=1S/C19H14F2N2O2/c20-14-7-5-12(6-8-14)18-17(22-11-25-18)19(24)23-9-13(10-23)15-3-1-2-4-16(15)21/h1-8,11,13H,9-10H2. The Balaban J connectivity index is 1.51. The first-order valence-corrected chi connectivity index (χ1v) is 7.86. The van der Waals surface area contributed by atoms with Gasteiger partial charge >= 0.3 is 0 Å². The average molecular weight is 340 g/mol. The van der Waals surface area contributed by atoms with Crippen molar-refractivity contribution in [2.45, 2.75) is 5.92 Å². The first kappa shape index (κ1) is 15.5. The molecule has 0 unspecified atom stereocenters. The lowest BCUT2D eigenvalue weighted by atomic mass is 9.90. The van der Waals surface area contributed by atoms with Crippen molar-refractivity contribution in [2.24, 2.45) is 0 Å². The molecule has 4 nitrogen and oxygen atoms in total. The summed E-state index contributed by atoms with van der Waals surface area (Å²) in [4.78, 5) is 18.3. The fourth-order valence-electron chi connectivity index (χ4n) is 3.00. The second kappa shape index (κ2) is 6.12. The zero-order chi connectivity index (χ0) is 17.4. The molecule has 1 aliphatic heterocycles. The van der Waals surface area contributed by atoms with E-state index in [0.29, 0.717) is 30.0 Å². The van der Waals surface area contributed by atoms with Crippen LogP contribution in [0.25, 0.3) is 11.3 Å². The Morgan fingerprint density at radius 2 is 1.80 bits per heavy atom. The first-order chi connectivity index (χ1) is 12.1. The number of rotatable bonds is 3. The summed E-state index contributed by atoms with van der Waals surface area (Å²) >= 11 is 0. The highest BCUT2D eigenvalue weighted by molar-refractivity contribution is 5.98. The third-order valence-corrected chi connectivity index (χ3v) is 4.39. The van der Waals surface area contributed by atoms with Crippen LogP contribution < -0.4 is 0 Å². The van der Waals surface area contributed by atoms with Crippen molar-refractivity contribution in [3.63, 3.8) is 0 Å². The van der Waals surface area contributed by atoms with Crippen LogP contribution in [0.15, 0.2) is 59.3 Å². The number of aromatic nitrogens is 1. The lowest BCUT2D eigenvalue weighted by Crippen LogP contribution is -2.48. The van der Waals surface area contributed by atoms with E-state index in [4.69, 9.17) is 4.42 Å².